The summed E-state index contributed by atoms with van der Waals surface area (Å²) in [6, 6.07) is 16.1. The summed E-state index contributed by atoms with van der Waals surface area (Å²) in [5.74, 6) is 1.32. The number of nitrogens with one attached hydrogen (secondary N) is 2. The Morgan fingerprint density at radius 3 is 2.30 bits per heavy atom. The van der Waals surface area contributed by atoms with Crippen LogP contribution in [0.25, 0.3) is 0 Å². The van der Waals surface area contributed by atoms with Crippen molar-refractivity contribution < 1.29 is 17.9 Å². The number of hydrogen-bond acceptors (Lipinski definition) is 4. The van der Waals surface area contributed by atoms with Crippen LogP contribution in [0, 0.1) is 0 Å². The number of carbonyl (C=O) groups excluding carboxylic acids is 1. The predicted octanol–water partition coefficient (Wildman–Crippen LogP) is 2.71. The first kappa shape index (κ1) is 19.0. The van der Waals surface area contributed by atoms with Crippen LogP contribution >= 0.6 is 0 Å². The number of rotatable bonds is 8. The van der Waals surface area contributed by atoms with Crippen LogP contribution in [0.15, 0.2) is 54.6 Å². The lowest BCUT2D eigenvalue weighted by atomic mass is 10.3. The number of sulfonamides is 1. The summed E-state index contributed by atoms with van der Waals surface area (Å²) in [5, 5.41) is 5.49. The van der Waals surface area contributed by atoms with Crippen molar-refractivity contribution >= 4 is 21.7 Å². The van der Waals surface area contributed by atoms with Crippen molar-refractivity contribution in [3.63, 3.8) is 0 Å². The molecule has 0 unspecified atom stereocenters. The van der Waals surface area contributed by atoms with Gasteiger partial charge in [0.2, 0.25) is 10.0 Å². The molecule has 0 aromatic heterocycles. The van der Waals surface area contributed by atoms with Crippen LogP contribution in [0.3, 0.4) is 0 Å². The maximum atomic E-state index is 12.1. The Hall–Kier alpha value is -2.74. The number of amides is 2. The molecule has 1 saturated carbocycles. The molecule has 0 heterocycles. The minimum Gasteiger partial charge on any atom is -0.457 e. The Kier molecular flexibility index (Phi) is 5.85. The molecule has 2 N–H and O–H groups in total. The van der Waals surface area contributed by atoms with E-state index < -0.39 is 10.0 Å². The van der Waals surface area contributed by atoms with Crippen molar-refractivity contribution in [3.05, 3.63) is 54.6 Å². The van der Waals surface area contributed by atoms with Crippen LogP contribution in [0.4, 0.5) is 10.5 Å². The minimum atomic E-state index is -3.48. The van der Waals surface area contributed by atoms with Gasteiger partial charge in [0.05, 0.1) is 18.5 Å². The zero-order valence-electron chi connectivity index (χ0n) is 15.1. The van der Waals surface area contributed by atoms with Gasteiger partial charge in [-0.05, 0) is 49.2 Å². The van der Waals surface area contributed by atoms with E-state index in [-0.39, 0.29) is 25.2 Å². The van der Waals surface area contributed by atoms with Crippen molar-refractivity contribution in [2.24, 2.45) is 0 Å². The van der Waals surface area contributed by atoms with Gasteiger partial charge in [0.15, 0.2) is 0 Å². The van der Waals surface area contributed by atoms with Crippen molar-refractivity contribution in [2.45, 2.75) is 18.9 Å². The highest BCUT2D eigenvalue weighted by Gasteiger charge is 2.23. The van der Waals surface area contributed by atoms with Crippen LogP contribution in [-0.4, -0.2) is 39.8 Å². The predicted molar refractivity (Wildman–Crippen MR) is 105 cm³/mol. The second-order valence-electron chi connectivity index (χ2n) is 6.42. The van der Waals surface area contributed by atoms with Gasteiger partial charge < -0.3 is 15.4 Å². The van der Waals surface area contributed by atoms with Gasteiger partial charge in [-0.15, -0.1) is 0 Å². The van der Waals surface area contributed by atoms with Crippen molar-refractivity contribution in [3.8, 4) is 11.5 Å². The van der Waals surface area contributed by atoms with Gasteiger partial charge in [-0.25, -0.2) is 13.2 Å². The first-order valence-electron chi connectivity index (χ1n) is 8.77. The van der Waals surface area contributed by atoms with Gasteiger partial charge in [0.1, 0.15) is 11.5 Å². The lowest BCUT2D eigenvalue weighted by molar-refractivity contribution is 0.241. The number of para-hydroxylation sites is 1. The molecule has 1 aliphatic rings. The van der Waals surface area contributed by atoms with E-state index in [1.54, 1.807) is 24.3 Å². The molecule has 27 heavy (non-hydrogen) atoms. The highest BCUT2D eigenvalue weighted by molar-refractivity contribution is 7.92. The third kappa shape index (κ3) is 5.89. The fraction of sp³-hybridized carbons (Fsp3) is 0.316. The molecule has 0 saturated heterocycles. The van der Waals surface area contributed by atoms with E-state index in [9.17, 15) is 13.2 Å². The molecule has 1 aliphatic carbocycles. The summed E-state index contributed by atoms with van der Waals surface area (Å²) in [5.41, 5.74) is 0.516. The van der Waals surface area contributed by atoms with Gasteiger partial charge in [-0.3, -0.25) is 4.31 Å². The van der Waals surface area contributed by atoms with Gasteiger partial charge >= 0.3 is 6.03 Å². The fourth-order valence-electron chi connectivity index (χ4n) is 2.53. The van der Waals surface area contributed by atoms with Crippen LogP contribution in [-0.2, 0) is 10.0 Å². The van der Waals surface area contributed by atoms with Gasteiger partial charge in [0.25, 0.3) is 0 Å². The second-order valence-corrected chi connectivity index (χ2v) is 8.33. The first-order chi connectivity index (χ1) is 12.9. The standard InChI is InChI=1S/C19H23N3O4S/c1-27(24,25)22(14-13-20-19(23)21-15-7-8-15)16-9-11-18(12-10-16)26-17-5-3-2-4-6-17/h2-6,9-12,15H,7-8,13-14H2,1H3,(H2,20,21,23). The highest BCUT2D eigenvalue weighted by atomic mass is 32.2. The lowest BCUT2D eigenvalue weighted by Gasteiger charge is -2.23. The van der Waals surface area contributed by atoms with E-state index in [0.29, 0.717) is 17.2 Å². The molecule has 0 atom stereocenters. The van der Waals surface area contributed by atoms with E-state index in [1.807, 2.05) is 30.3 Å². The monoisotopic (exact) mass is 389 g/mol. The highest BCUT2D eigenvalue weighted by Crippen LogP contribution is 2.25. The molecule has 7 nitrogen and oxygen atoms in total. The van der Waals surface area contributed by atoms with E-state index in [2.05, 4.69) is 10.6 Å². The molecule has 0 radical (unpaired) electrons. The van der Waals surface area contributed by atoms with E-state index >= 15 is 0 Å². The summed E-state index contributed by atoms with van der Waals surface area (Å²) >= 11 is 0. The molecular formula is C19H23N3O4S. The number of carbonyl (C=O) groups is 1. The smallest absolute Gasteiger partial charge is 0.315 e. The first-order valence-corrected chi connectivity index (χ1v) is 10.6. The summed E-state index contributed by atoms with van der Waals surface area (Å²) in [6.45, 7) is 0.365. The third-order valence-electron chi connectivity index (χ3n) is 4.02. The number of benzene rings is 2. The molecule has 1 fully saturated rings. The zero-order chi connectivity index (χ0) is 19.3. The van der Waals surface area contributed by atoms with E-state index in [1.165, 1.54) is 4.31 Å². The second kappa shape index (κ2) is 8.30. The van der Waals surface area contributed by atoms with Crippen molar-refractivity contribution in [2.75, 3.05) is 23.7 Å². The molecule has 8 heteroatoms. The number of anilines is 1. The average molecular weight is 389 g/mol. The Labute approximate surface area is 159 Å². The fourth-order valence-corrected chi connectivity index (χ4v) is 3.45. The molecular weight excluding hydrogens is 366 g/mol. The molecule has 0 bridgehead atoms. The maximum Gasteiger partial charge on any atom is 0.315 e. The minimum absolute atomic E-state index is 0.149. The summed E-state index contributed by atoms with van der Waals surface area (Å²) in [6.07, 6.45) is 3.15. The molecule has 0 spiro atoms. The largest absolute Gasteiger partial charge is 0.457 e. The summed E-state index contributed by atoms with van der Waals surface area (Å²) in [7, 11) is -3.48. The van der Waals surface area contributed by atoms with Crippen molar-refractivity contribution in [1.82, 2.24) is 10.6 Å². The Bertz CT molecular complexity index is 866. The lowest BCUT2D eigenvalue weighted by Crippen LogP contribution is -2.42. The number of ether oxygens (including phenoxy) is 1. The normalized spacial score (nSPS) is 13.7. The molecule has 2 aromatic rings. The van der Waals surface area contributed by atoms with Crippen LogP contribution in [0.1, 0.15) is 12.8 Å². The topological polar surface area (TPSA) is 87.7 Å². The van der Waals surface area contributed by atoms with Gasteiger partial charge in [-0.1, -0.05) is 18.2 Å². The quantitative estimate of drug-likeness (QED) is 0.727. The SMILES string of the molecule is CS(=O)(=O)N(CCNC(=O)NC1CC1)c1ccc(Oc2ccccc2)cc1. The van der Waals surface area contributed by atoms with Gasteiger partial charge in [-0.2, -0.15) is 0 Å². The van der Waals surface area contributed by atoms with Crippen LogP contribution < -0.4 is 19.7 Å². The maximum absolute atomic E-state index is 12.1. The Morgan fingerprint density at radius 2 is 1.70 bits per heavy atom. The average Bonchev–Trinajstić information content (AvgIpc) is 3.43. The van der Waals surface area contributed by atoms with E-state index in [4.69, 9.17) is 4.74 Å². The van der Waals surface area contributed by atoms with Crippen LogP contribution in [0.2, 0.25) is 0 Å². The molecule has 2 amide bonds. The molecule has 144 valence electrons. The zero-order valence-corrected chi connectivity index (χ0v) is 15.9. The Morgan fingerprint density at radius 1 is 1.07 bits per heavy atom. The van der Waals surface area contributed by atoms with Crippen LogP contribution in [0.5, 0.6) is 11.5 Å². The molecule has 2 aromatic carbocycles. The number of hydrogen-bond donors (Lipinski definition) is 2. The third-order valence-corrected chi connectivity index (χ3v) is 5.21. The molecule has 0 aliphatic heterocycles. The van der Waals surface area contributed by atoms with Gasteiger partial charge in [0, 0.05) is 12.6 Å². The number of nitrogens with zero attached hydrogens (tertiary/aromatic N) is 1. The summed E-state index contributed by atoms with van der Waals surface area (Å²) in [4.78, 5) is 11.7. The summed E-state index contributed by atoms with van der Waals surface area (Å²) < 4.78 is 31.3. The van der Waals surface area contributed by atoms with E-state index in [0.717, 1.165) is 19.1 Å². The Balaban J connectivity index is 1.61. The van der Waals surface area contributed by atoms with Crippen molar-refractivity contribution in [1.29, 1.82) is 0 Å². The molecule has 3 rings (SSSR count). The number of urea groups is 1.